The summed E-state index contributed by atoms with van der Waals surface area (Å²) in [6.45, 7) is 10.8. The quantitative estimate of drug-likeness (QED) is 0.775. The van der Waals surface area contributed by atoms with E-state index in [1.807, 2.05) is 6.07 Å². The van der Waals surface area contributed by atoms with Crippen molar-refractivity contribution in [2.45, 2.75) is 34.1 Å². The Morgan fingerprint density at radius 2 is 1.84 bits per heavy atom. The molecule has 1 N–H and O–H groups in total. The normalized spacial score (nSPS) is 13.3. The van der Waals surface area contributed by atoms with Crippen molar-refractivity contribution in [3.8, 4) is 0 Å². The molecule has 0 saturated heterocycles. The lowest BCUT2D eigenvalue weighted by atomic mass is 9.89. The maximum Gasteiger partial charge on any atom is 0.142 e. The van der Waals surface area contributed by atoms with E-state index in [4.69, 9.17) is 11.6 Å². The van der Waals surface area contributed by atoms with E-state index in [9.17, 15) is 4.39 Å². The van der Waals surface area contributed by atoms with Gasteiger partial charge in [0.15, 0.2) is 0 Å². The SMILES string of the molecule is CC(C)CNCC(Cc1cccc(F)c1Cl)C(C)C. The first-order valence-corrected chi connectivity index (χ1v) is 7.43. The maximum atomic E-state index is 13.4. The molecule has 3 heteroatoms. The van der Waals surface area contributed by atoms with Gasteiger partial charge in [-0.25, -0.2) is 4.39 Å². The van der Waals surface area contributed by atoms with Crippen molar-refractivity contribution in [3.63, 3.8) is 0 Å². The third kappa shape index (κ3) is 5.50. The summed E-state index contributed by atoms with van der Waals surface area (Å²) in [4.78, 5) is 0. The van der Waals surface area contributed by atoms with E-state index in [-0.39, 0.29) is 10.8 Å². The predicted molar refractivity (Wildman–Crippen MR) is 81.1 cm³/mol. The minimum Gasteiger partial charge on any atom is -0.316 e. The van der Waals surface area contributed by atoms with Gasteiger partial charge in [0.05, 0.1) is 5.02 Å². The summed E-state index contributed by atoms with van der Waals surface area (Å²) in [7, 11) is 0. The fourth-order valence-corrected chi connectivity index (χ4v) is 2.29. The molecule has 1 unspecified atom stereocenters. The second kappa shape index (κ2) is 7.86. The third-order valence-corrected chi connectivity index (χ3v) is 3.84. The molecule has 0 heterocycles. The lowest BCUT2D eigenvalue weighted by Crippen LogP contribution is -2.30. The molecular formula is C16H25ClFN. The Morgan fingerprint density at radius 1 is 1.16 bits per heavy atom. The molecule has 0 saturated carbocycles. The smallest absolute Gasteiger partial charge is 0.142 e. The number of nitrogens with one attached hydrogen (secondary N) is 1. The Labute approximate surface area is 121 Å². The van der Waals surface area contributed by atoms with Crippen molar-refractivity contribution >= 4 is 11.6 Å². The summed E-state index contributed by atoms with van der Waals surface area (Å²) in [5.41, 5.74) is 0.909. The van der Waals surface area contributed by atoms with Crippen molar-refractivity contribution in [1.82, 2.24) is 5.32 Å². The zero-order valence-corrected chi connectivity index (χ0v) is 13.1. The summed E-state index contributed by atoms with van der Waals surface area (Å²) in [6, 6.07) is 5.06. The molecule has 0 amide bonds. The Morgan fingerprint density at radius 3 is 2.42 bits per heavy atom. The number of hydrogen-bond donors (Lipinski definition) is 1. The molecule has 0 aromatic heterocycles. The number of hydrogen-bond acceptors (Lipinski definition) is 1. The second-order valence-corrected chi connectivity index (χ2v) is 6.35. The molecule has 0 aliphatic heterocycles. The van der Waals surface area contributed by atoms with Crippen LogP contribution >= 0.6 is 11.6 Å². The Balaban J connectivity index is 2.65. The van der Waals surface area contributed by atoms with Crippen LogP contribution in [0, 0.1) is 23.6 Å². The largest absolute Gasteiger partial charge is 0.316 e. The standard InChI is InChI=1S/C16H25ClFN/c1-11(2)9-19-10-14(12(3)4)8-13-6-5-7-15(18)16(13)17/h5-7,11-12,14,19H,8-10H2,1-4H3. The highest BCUT2D eigenvalue weighted by molar-refractivity contribution is 6.31. The number of benzene rings is 1. The van der Waals surface area contributed by atoms with E-state index in [2.05, 4.69) is 33.0 Å². The van der Waals surface area contributed by atoms with Crippen LogP contribution in [0.25, 0.3) is 0 Å². The van der Waals surface area contributed by atoms with E-state index < -0.39 is 0 Å². The van der Waals surface area contributed by atoms with Crippen molar-refractivity contribution in [2.75, 3.05) is 13.1 Å². The van der Waals surface area contributed by atoms with Gasteiger partial charge in [-0.15, -0.1) is 0 Å². The molecule has 0 aliphatic rings. The molecule has 0 aliphatic carbocycles. The van der Waals surface area contributed by atoms with Crippen LogP contribution in [0.2, 0.25) is 5.02 Å². The van der Waals surface area contributed by atoms with Crippen LogP contribution < -0.4 is 5.32 Å². The van der Waals surface area contributed by atoms with Gasteiger partial charge in [0.2, 0.25) is 0 Å². The molecule has 1 nitrogen and oxygen atoms in total. The van der Waals surface area contributed by atoms with E-state index >= 15 is 0 Å². The fourth-order valence-electron chi connectivity index (χ4n) is 2.09. The first kappa shape index (κ1) is 16.5. The molecule has 1 rings (SSSR count). The second-order valence-electron chi connectivity index (χ2n) is 5.97. The van der Waals surface area contributed by atoms with Crippen LogP contribution in [-0.4, -0.2) is 13.1 Å². The van der Waals surface area contributed by atoms with E-state index in [0.29, 0.717) is 17.8 Å². The highest BCUT2D eigenvalue weighted by Crippen LogP contribution is 2.25. The fraction of sp³-hybridized carbons (Fsp3) is 0.625. The Hall–Kier alpha value is -0.600. The minimum absolute atomic E-state index is 0.275. The lowest BCUT2D eigenvalue weighted by Gasteiger charge is -2.22. The van der Waals surface area contributed by atoms with Gasteiger partial charge in [-0.2, -0.15) is 0 Å². The van der Waals surface area contributed by atoms with Gasteiger partial charge in [-0.1, -0.05) is 51.4 Å². The van der Waals surface area contributed by atoms with Crippen LogP contribution in [0.1, 0.15) is 33.3 Å². The molecule has 0 fully saturated rings. The first-order chi connectivity index (χ1) is 8.91. The third-order valence-electron chi connectivity index (χ3n) is 3.42. The highest BCUT2D eigenvalue weighted by Gasteiger charge is 2.16. The maximum absolute atomic E-state index is 13.4. The van der Waals surface area contributed by atoms with E-state index in [0.717, 1.165) is 25.1 Å². The molecule has 108 valence electrons. The summed E-state index contributed by atoms with van der Waals surface area (Å²) in [6.07, 6.45) is 0.819. The summed E-state index contributed by atoms with van der Waals surface area (Å²) in [5, 5.41) is 3.76. The first-order valence-electron chi connectivity index (χ1n) is 7.05. The van der Waals surface area contributed by atoms with Gasteiger partial charge in [0, 0.05) is 0 Å². The summed E-state index contributed by atoms with van der Waals surface area (Å²) < 4.78 is 13.4. The molecule has 0 radical (unpaired) electrons. The molecular weight excluding hydrogens is 261 g/mol. The van der Waals surface area contributed by atoms with Crippen molar-refractivity contribution in [2.24, 2.45) is 17.8 Å². The van der Waals surface area contributed by atoms with Crippen LogP contribution in [0.15, 0.2) is 18.2 Å². The van der Waals surface area contributed by atoms with Gasteiger partial charge < -0.3 is 5.32 Å². The minimum atomic E-state index is -0.322. The zero-order chi connectivity index (χ0) is 14.4. The molecule has 1 atom stereocenters. The summed E-state index contributed by atoms with van der Waals surface area (Å²) in [5.74, 6) is 1.33. The van der Waals surface area contributed by atoms with Gasteiger partial charge in [0.1, 0.15) is 5.82 Å². The topological polar surface area (TPSA) is 12.0 Å². The molecule has 0 spiro atoms. The van der Waals surface area contributed by atoms with Gasteiger partial charge >= 0.3 is 0 Å². The average molecular weight is 286 g/mol. The monoisotopic (exact) mass is 285 g/mol. The van der Waals surface area contributed by atoms with Crippen molar-refractivity contribution < 1.29 is 4.39 Å². The highest BCUT2D eigenvalue weighted by atomic mass is 35.5. The van der Waals surface area contributed by atoms with Gasteiger partial charge in [-0.05, 0) is 48.9 Å². The van der Waals surface area contributed by atoms with Crippen LogP contribution in [0.4, 0.5) is 4.39 Å². The van der Waals surface area contributed by atoms with Gasteiger partial charge in [-0.3, -0.25) is 0 Å². The molecule has 0 bridgehead atoms. The Kier molecular flexibility index (Phi) is 6.81. The van der Waals surface area contributed by atoms with E-state index in [1.54, 1.807) is 6.07 Å². The lowest BCUT2D eigenvalue weighted by molar-refractivity contribution is 0.352. The Bertz CT molecular complexity index is 390. The zero-order valence-electron chi connectivity index (χ0n) is 12.3. The van der Waals surface area contributed by atoms with Crippen LogP contribution in [-0.2, 0) is 6.42 Å². The average Bonchev–Trinajstić information content (AvgIpc) is 2.32. The molecule has 1 aromatic rings. The van der Waals surface area contributed by atoms with Crippen LogP contribution in [0.5, 0.6) is 0 Å². The summed E-state index contributed by atoms with van der Waals surface area (Å²) >= 11 is 6.03. The molecule has 1 aromatic carbocycles. The van der Waals surface area contributed by atoms with Crippen molar-refractivity contribution in [1.29, 1.82) is 0 Å². The van der Waals surface area contributed by atoms with Crippen LogP contribution in [0.3, 0.4) is 0 Å². The predicted octanol–water partition coefficient (Wildman–Crippen LogP) is 4.54. The molecule has 19 heavy (non-hydrogen) atoms. The van der Waals surface area contributed by atoms with E-state index in [1.165, 1.54) is 6.07 Å². The van der Waals surface area contributed by atoms with Crippen molar-refractivity contribution in [3.05, 3.63) is 34.6 Å². The number of rotatable bonds is 7. The number of halogens is 2. The van der Waals surface area contributed by atoms with Gasteiger partial charge in [0.25, 0.3) is 0 Å².